The van der Waals surface area contributed by atoms with Crippen LogP contribution in [-0.4, -0.2) is 69.2 Å². The summed E-state index contributed by atoms with van der Waals surface area (Å²) in [5.74, 6) is 0.280. The van der Waals surface area contributed by atoms with Crippen LogP contribution < -0.4 is 10.6 Å². The van der Waals surface area contributed by atoms with E-state index in [1.165, 1.54) is 11.8 Å². The topological polar surface area (TPSA) is 111 Å². The van der Waals surface area contributed by atoms with E-state index in [1.807, 2.05) is 65.0 Å². The molecule has 0 bridgehead atoms. The van der Waals surface area contributed by atoms with Gasteiger partial charge in [-0.15, -0.1) is 11.8 Å². The average Bonchev–Trinajstić information content (AvgIpc) is 2.96. The fraction of sp³-hybridized carbons (Fsp3) is 0.576. The number of carbonyl (C=O) groups is 2. The molecule has 1 saturated carbocycles. The van der Waals surface area contributed by atoms with E-state index in [2.05, 4.69) is 10.6 Å². The maximum absolute atomic E-state index is 13.4. The number of hydroxylamine groups is 2. The number of rotatable bonds is 9. The van der Waals surface area contributed by atoms with Crippen molar-refractivity contribution in [2.75, 3.05) is 12.3 Å². The summed E-state index contributed by atoms with van der Waals surface area (Å²) >= 11 is 1.53. The van der Waals surface area contributed by atoms with E-state index < -0.39 is 23.7 Å². The Morgan fingerprint density at radius 3 is 2.45 bits per heavy atom. The number of fused-ring (bicyclic) bond motifs is 1. The lowest BCUT2D eigenvalue weighted by molar-refractivity contribution is -0.276. The van der Waals surface area contributed by atoms with Crippen molar-refractivity contribution in [2.24, 2.45) is 5.92 Å². The molecule has 0 spiro atoms. The van der Waals surface area contributed by atoms with Gasteiger partial charge in [0.25, 0.3) is 5.91 Å². The third-order valence-corrected chi connectivity index (χ3v) is 8.79. The van der Waals surface area contributed by atoms with Gasteiger partial charge in [0, 0.05) is 27.3 Å². The molecule has 1 saturated heterocycles. The molecule has 2 aromatic rings. The van der Waals surface area contributed by atoms with Crippen LogP contribution in [0.5, 0.6) is 5.75 Å². The summed E-state index contributed by atoms with van der Waals surface area (Å²) in [6.07, 6.45) is 3.90. The van der Waals surface area contributed by atoms with E-state index in [1.54, 1.807) is 30.2 Å². The first-order valence-corrected chi connectivity index (χ1v) is 16.2. The van der Waals surface area contributed by atoms with Crippen LogP contribution in [0, 0.1) is 12.8 Å². The smallest absolute Gasteiger partial charge is 0.252 e. The van der Waals surface area contributed by atoms with Gasteiger partial charge in [-0.25, -0.2) is 0 Å². The monoisotopic (exact) mass is 599 g/mol. The summed E-state index contributed by atoms with van der Waals surface area (Å²) in [5.41, 5.74) is 0.432. The van der Waals surface area contributed by atoms with Crippen LogP contribution >= 0.6 is 11.8 Å². The van der Waals surface area contributed by atoms with Crippen LogP contribution in [0.4, 0.5) is 0 Å². The standard InChI is InChI=1S/C31H43N3O5S.C2H6/c1-20-23(14-10-15-26(20)35)29(37)32-24(19-40-22-12-6-5-7-13-22)27(36)18-34-25(30(38)33-31(2,3)4)17-21-11-8-9-16-28(21)39-34;1-2/h5-7,10,12-15,21,24-25,27-28,35-36H,8-9,11,16-19H2,1-4H3,(H,32,37)(H,33,38);1-2H3. The van der Waals surface area contributed by atoms with Crippen molar-refractivity contribution in [1.29, 1.82) is 0 Å². The molecule has 1 aliphatic carbocycles. The van der Waals surface area contributed by atoms with Crippen molar-refractivity contribution < 1.29 is 24.6 Å². The number of nitrogens with zero attached hydrogens (tertiary/aromatic N) is 1. The van der Waals surface area contributed by atoms with Gasteiger partial charge < -0.3 is 20.8 Å². The Morgan fingerprint density at radius 2 is 1.76 bits per heavy atom. The summed E-state index contributed by atoms with van der Waals surface area (Å²) < 4.78 is 0. The second-order valence-electron chi connectivity index (χ2n) is 12.0. The van der Waals surface area contributed by atoms with Crippen molar-refractivity contribution in [3.63, 3.8) is 0 Å². The summed E-state index contributed by atoms with van der Waals surface area (Å²) in [7, 11) is 0. The minimum absolute atomic E-state index is 0.0290. The van der Waals surface area contributed by atoms with E-state index in [0.29, 0.717) is 29.2 Å². The second-order valence-corrected chi connectivity index (χ2v) is 13.1. The van der Waals surface area contributed by atoms with Crippen molar-refractivity contribution in [3.8, 4) is 5.75 Å². The maximum atomic E-state index is 13.4. The summed E-state index contributed by atoms with van der Waals surface area (Å²) in [5, 5.41) is 29.4. The van der Waals surface area contributed by atoms with Gasteiger partial charge in [-0.3, -0.25) is 14.4 Å². The van der Waals surface area contributed by atoms with E-state index >= 15 is 0 Å². The van der Waals surface area contributed by atoms with Crippen LogP contribution in [0.3, 0.4) is 0 Å². The lowest BCUT2D eigenvalue weighted by Gasteiger charge is -2.46. The number of hydrogen-bond acceptors (Lipinski definition) is 7. The number of benzene rings is 2. The number of aliphatic hydroxyl groups is 1. The summed E-state index contributed by atoms with van der Waals surface area (Å²) in [6, 6.07) is 13.5. The number of hydrogen-bond donors (Lipinski definition) is 4. The molecule has 4 rings (SSSR count). The Bertz CT molecular complexity index is 1160. The molecule has 2 aliphatic rings. The third-order valence-electron chi connectivity index (χ3n) is 7.66. The molecule has 1 heterocycles. The van der Waals surface area contributed by atoms with Crippen LogP contribution in [0.15, 0.2) is 53.4 Å². The zero-order valence-corrected chi connectivity index (χ0v) is 26.7. The molecule has 0 aromatic heterocycles. The van der Waals surface area contributed by atoms with Crippen LogP contribution in [0.25, 0.3) is 0 Å². The van der Waals surface area contributed by atoms with Crippen molar-refractivity contribution in [2.45, 2.75) is 108 Å². The molecule has 232 valence electrons. The molecule has 2 fully saturated rings. The highest BCUT2D eigenvalue weighted by Crippen LogP contribution is 2.36. The van der Waals surface area contributed by atoms with Crippen LogP contribution in [-0.2, 0) is 9.63 Å². The SMILES string of the molecule is CC.Cc1c(O)cccc1C(=O)NC(CSc1ccccc1)C(O)CN1OC2CCCCC2CC1C(=O)NC(C)(C)C. The quantitative estimate of drug-likeness (QED) is 0.284. The molecule has 42 heavy (non-hydrogen) atoms. The number of thioether (sulfide) groups is 1. The number of β-amino-alcohol motifs (C(OH)–C–C–N with tert-alkyl or cyclic N) is 1. The predicted octanol–water partition coefficient (Wildman–Crippen LogP) is 5.46. The van der Waals surface area contributed by atoms with Crippen molar-refractivity contribution >= 4 is 23.6 Å². The van der Waals surface area contributed by atoms with Crippen molar-refractivity contribution in [1.82, 2.24) is 15.7 Å². The fourth-order valence-corrected chi connectivity index (χ4v) is 6.50. The number of aromatic hydroxyl groups is 1. The number of carbonyl (C=O) groups excluding carboxylic acids is 2. The number of aliphatic hydroxyl groups excluding tert-OH is 1. The molecule has 2 aromatic carbocycles. The summed E-state index contributed by atoms with van der Waals surface area (Å²) in [6.45, 7) is 11.6. The number of nitrogens with one attached hydrogen (secondary N) is 2. The molecule has 2 amide bonds. The minimum Gasteiger partial charge on any atom is -0.508 e. The Labute approximate surface area is 255 Å². The van der Waals surface area contributed by atoms with E-state index in [0.717, 1.165) is 30.6 Å². The summed E-state index contributed by atoms with van der Waals surface area (Å²) in [4.78, 5) is 34.1. The van der Waals surface area contributed by atoms with Crippen LogP contribution in [0.1, 0.15) is 82.6 Å². The Kier molecular flexibility index (Phi) is 12.7. The number of phenolic OH excluding ortho intramolecular Hbond substituents is 1. The van der Waals surface area contributed by atoms with Gasteiger partial charge in [0.2, 0.25) is 5.91 Å². The normalized spacial score (nSPS) is 22.1. The second kappa shape index (κ2) is 15.8. The maximum Gasteiger partial charge on any atom is 0.252 e. The number of phenols is 1. The molecule has 9 heteroatoms. The lowest BCUT2D eigenvalue weighted by Crippen LogP contribution is -2.60. The Morgan fingerprint density at radius 1 is 1.07 bits per heavy atom. The molecular formula is C33H49N3O5S. The van der Waals surface area contributed by atoms with E-state index in [9.17, 15) is 19.8 Å². The lowest BCUT2D eigenvalue weighted by atomic mass is 9.81. The molecule has 1 aliphatic heterocycles. The molecule has 8 nitrogen and oxygen atoms in total. The number of amides is 2. The van der Waals surface area contributed by atoms with Gasteiger partial charge in [0.1, 0.15) is 11.8 Å². The Balaban J connectivity index is 0.00000237. The van der Waals surface area contributed by atoms with Gasteiger partial charge in [-0.05, 0) is 77.1 Å². The molecule has 4 N–H and O–H groups in total. The highest BCUT2D eigenvalue weighted by Gasteiger charge is 2.43. The van der Waals surface area contributed by atoms with Crippen molar-refractivity contribution in [3.05, 3.63) is 59.7 Å². The average molecular weight is 600 g/mol. The molecular weight excluding hydrogens is 550 g/mol. The zero-order valence-electron chi connectivity index (χ0n) is 25.9. The Hall–Kier alpha value is -2.59. The van der Waals surface area contributed by atoms with Gasteiger partial charge in [-0.1, -0.05) is 51.0 Å². The highest BCUT2D eigenvalue weighted by atomic mass is 32.2. The zero-order chi connectivity index (χ0) is 30.9. The molecule has 5 unspecified atom stereocenters. The van der Waals surface area contributed by atoms with E-state index in [4.69, 9.17) is 4.84 Å². The first-order chi connectivity index (χ1) is 20.0. The molecule has 5 atom stereocenters. The van der Waals surface area contributed by atoms with E-state index in [-0.39, 0.29) is 30.2 Å². The molecule has 0 radical (unpaired) electrons. The van der Waals surface area contributed by atoms with Gasteiger partial charge >= 0.3 is 0 Å². The third kappa shape index (κ3) is 9.46. The largest absolute Gasteiger partial charge is 0.508 e. The van der Waals surface area contributed by atoms with Gasteiger partial charge in [-0.2, -0.15) is 5.06 Å². The highest BCUT2D eigenvalue weighted by molar-refractivity contribution is 7.99. The minimum atomic E-state index is -1.01. The predicted molar refractivity (Wildman–Crippen MR) is 168 cm³/mol. The first-order valence-electron chi connectivity index (χ1n) is 15.2. The fourth-order valence-electron chi connectivity index (χ4n) is 5.47. The first kappa shape index (κ1) is 33.9. The van der Waals surface area contributed by atoms with Gasteiger partial charge in [0.05, 0.1) is 24.8 Å². The van der Waals surface area contributed by atoms with Crippen LogP contribution in [0.2, 0.25) is 0 Å². The van der Waals surface area contributed by atoms with Gasteiger partial charge in [0.15, 0.2) is 0 Å².